The third-order valence-corrected chi connectivity index (χ3v) is 3.90. The fraction of sp³-hybridized carbons (Fsp3) is 0.250. The van der Waals surface area contributed by atoms with Crippen LogP contribution in [0.5, 0.6) is 11.5 Å². The van der Waals surface area contributed by atoms with E-state index in [2.05, 4.69) is 15.9 Å². The Morgan fingerprint density at radius 2 is 1.75 bits per heavy atom. The number of hydrogen-bond donors (Lipinski definition) is 0. The summed E-state index contributed by atoms with van der Waals surface area (Å²) in [5, 5.41) is 0. The molecule has 2 rings (SSSR count). The highest BCUT2D eigenvalue weighted by Crippen LogP contribution is 2.33. The molecular weight excluding hydrogens is 340 g/mol. The first-order chi connectivity index (χ1) is 9.76. The van der Waals surface area contributed by atoms with Crippen molar-refractivity contribution in [2.75, 3.05) is 6.61 Å². The van der Waals surface area contributed by atoms with Crippen LogP contribution in [0, 0.1) is 0 Å². The van der Waals surface area contributed by atoms with Crippen LogP contribution in [0.3, 0.4) is 0 Å². The summed E-state index contributed by atoms with van der Waals surface area (Å²) < 4.78 is 12.6. The van der Waals surface area contributed by atoms with Crippen LogP contribution in [0.2, 0.25) is 0 Å². The smallest absolute Gasteiger partial charge is 0.166 e. The zero-order valence-electron chi connectivity index (χ0n) is 11.2. The molecule has 0 amide bonds. The van der Waals surface area contributed by atoms with E-state index in [1.165, 1.54) is 0 Å². The minimum Gasteiger partial charge on any atom is -0.490 e. The van der Waals surface area contributed by atoms with Crippen LogP contribution in [0.25, 0.3) is 0 Å². The molecule has 2 aromatic carbocycles. The summed E-state index contributed by atoms with van der Waals surface area (Å²) in [6.07, 6.45) is 0. The Balaban J connectivity index is 2.21. The molecule has 0 unspecified atom stereocenters. The Bertz CT molecular complexity index is 572. The summed E-state index contributed by atoms with van der Waals surface area (Å²) in [6.45, 7) is 3.01. The van der Waals surface area contributed by atoms with Crippen molar-refractivity contribution in [2.45, 2.75) is 19.4 Å². The number of ether oxygens (including phenoxy) is 2. The number of rotatable bonds is 6. The van der Waals surface area contributed by atoms with Crippen molar-refractivity contribution in [3.63, 3.8) is 0 Å². The fourth-order valence-electron chi connectivity index (χ4n) is 1.86. The lowest BCUT2D eigenvalue weighted by molar-refractivity contribution is 0.267. The van der Waals surface area contributed by atoms with Gasteiger partial charge in [0.25, 0.3) is 0 Å². The lowest BCUT2D eigenvalue weighted by Crippen LogP contribution is -2.02. The van der Waals surface area contributed by atoms with Crippen molar-refractivity contribution in [3.8, 4) is 11.5 Å². The molecule has 0 aliphatic rings. The average molecular weight is 356 g/mol. The summed E-state index contributed by atoms with van der Waals surface area (Å²) in [5.41, 5.74) is 2.02. The minimum absolute atomic E-state index is 0.395. The van der Waals surface area contributed by atoms with Gasteiger partial charge in [-0.1, -0.05) is 46.3 Å². The number of halogens is 2. The van der Waals surface area contributed by atoms with Crippen LogP contribution < -0.4 is 9.47 Å². The molecule has 0 aromatic heterocycles. The van der Waals surface area contributed by atoms with Gasteiger partial charge in [0.15, 0.2) is 11.5 Å². The highest BCUT2D eigenvalue weighted by Gasteiger charge is 2.11. The predicted molar refractivity (Wildman–Crippen MR) is 85.6 cm³/mol. The summed E-state index contributed by atoms with van der Waals surface area (Å²) >= 11 is 9.49. The van der Waals surface area contributed by atoms with Gasteiger partial charge in [0.1, 0.15) is 6.61 Å². The monoisotopic (exact) mass is 354 g/mol. The maximum absolute atomic E-state index is 5.97. The molecule has 0 radical (unpaired) electrons. The highest BCUT2D eigenvalue weighted by molar-refractivity contribution is 9.10. The molecule has 106 valence electrons. The average Bonchev–Trinajstić information content (AvgIpc) is 2.47. The van der Waals surface area contributed by atoms with Gasteiger partial charge in [-0.05, 0) is 19.1 Å². The largest absolute Gasteiger partial charge is 0.490 e. The summed E-state index contributed by atoms with van der Waals surface area (Å²) in [7, 11) is 0. The van der Waals surface area contributed by atoms with E-state index in [4.69, 9.17) is 21.1 Å². The second-order valence-corrected chi connectivity index (χ2v) is 5.31. The second-order valence-electron chi connectivity index (χ2n) is 4.19. The second kappa shape index (κ2) is 7.55. The van der Waals surface area contributed by atoms with Crippen LogP contribution >= 0.6 is 27.5 Å². The first-order valence-electron chi connectivity index (χ1n) is 6.43. The molecule has 0 heterocycles. The standard InChI is InChI=1S/C16H16BrClO2/c1-2-19-15-9-5-7-12(10-18)16(15)20-11-13-6-3-4-8-14(13)17/h3-9H,2,10-11H2,1H3. The molecule has 0 saturated heterocycles. The molecule has 2 aromatic rings. The van der Waals surface area contributed by atoms with Crippen LogP contribution in [0.15, 0.2) is 46.9 Å². The van der Waals surface area contributed by atoms with Crippen LogP contribution in [0.1, 0.15) is 18.1 Å². The molecule has 0 N–H and O–H groups in total. The van der Waals surface area contributed by atoms with Gasteiger partial charge in [0.05, 0.1) is 12.5 Å². The summed E-state index contributed by atoms with van der Waals surface area (Å²) in [6, 6.07) is 13.8. The van der Waals surface area contributed by atoms with Gasteiger partial charge in [-0.25, -0.2) is 0 Å². The molecule has 0 saturated carbocycles. The molecule has 0 fully saturated rings. The third kappa shape index (κ3) is 3.68. The lowest BCUT2D eigenvalue weighted by atomic mass is 10.2. The molecule has 0 aliphatic carbocycles. The van der Waals surface area contributed by atoms with E-state index in [1.54, 1.807) is 0 Å². The molecule has 0 spiro atoms. The topological polar surface area (TPSA) is 18.5 Å². The van der Waals surface area contributed by atoms with E-state index in [0.29, 0.717) is 19.1 Å². The Morgan fingerprint density at radius 1 is 1.00 bits per heavy atom. The first kappa shape index (κ1) is 15.2. The summed E-state index contributed by atoms with van der Waals surface area (Å²) in [5.74, 6) is 1.85. The van der Waals surface area contributed by atoms with Gasteiger partial charge in [-0.3, -0.25) is 0 Å². The molecule has 0 bridgehead atoms. The van der Waals surface area contributed by atoms with Crippen molar-refractivity contribution >= 4 is 27.5 Å². The van der Waals surface area contributed by atoms with Crippen LogP contribution in [-0.4, -0.2) is 6.61 Å². The van der Waals surface area contributed by atoms with Crippen LogP contribution in [0.4, 0.5) is 0 Å². The maximum atomic E-state index is 5.97. The van der Waals surface area contributed by atoms with E-state index in [1.807, 2.05) is 49.4 Å². The van der Waals surface area contributed by atoms with Gasteiger partial charge in [-0.2, -0.15) is 0 Å². The molecule has 20 heavy (non-hydrogen) atoms. The number of benzene rings is 2. The van der Waals surface area contributed by atoms with E-state index in [9.17, 15) is 0 Å². The molecule has 0 atom stereocenters. The van der Waals surface area contributed by atoms with Gasteiger partial charge in [0, 0.05) is 15.6 Å². The van der Waals surface area contributed by atoms with Crippen LogP contribution in [-0.2, 0) is 12.5 Å². The molecule has 4 heteroatoms. The zero-order chi connectivity index (χ0) is 14.4. The van der Waals surface area contributed by atoms with E-state index in [0.717, 1.165) is 27.1 Å². The van der Waals surface area contributed by atoms with E-state index in [-0.39, 0.29) is 0 Å². The summed E-state index contributed by atoms with van der Waals surface area (Å²) in [4.78, 5) is 0. The third-order valence-electron chi connectivity index (χ3n) is 2.83. The lowest BCUT2D eigenvalue weighted by Gasteiger charge is -2.15. The predicted octanol–water partition coefficient (Wildman–Crippen LogP) is 5.17. The van der Waals surface area contributed by atoms with Gasteiger partial charge < -0.3 is 9.47 Å². The van der Waals surface area contributed by atoms with Gasteiger partial charge >= 0.3 is 0 Å². The van der Waals surface area contributed by atoms with Crippen molar-refractivity contribution in [1.82, 2.24) is 0 Å². The highest BCUT2D eigenvalue weighted by atomic mass is 79.9. The van der Waals surface area contributed by atoms with E-state index >= 15 is 0 Å². The molecule has 0 aliphatic heterocycles. The van der Waals surface area contributed by atoms with Crippen molar-refractivity contribution in [2.24, 2.45) is 0 Å². The fourth-order valence-corrected chi connectivity index (χ4v) is 2.47. The van der Waals surface area contributed by atoms with E-state index < -0.39 is 0 Å². The van der Waals surface area contributed by atoms with Crippen molar-refractivity contribution in [3.05, 3.63) is 58.1 Å². The van der Waals surface area contributed by atoms with Crippen molar-refractivity contribution in [1.29, 1.82) is 0 Å². The Hall–Kier alpha value is -1.19. The van der Waals surface area contributed by atoms with Gasteiger partial charge in [-0.15, -0.1) is 11.6 Å². The SMILES string of the molecule is CCOc1cccc(CCl)c1OCc1ccccc1Br. The maximum Gasteiger partial charge on any atom is 0.166 e. The number of alkyl halides is 1. The minimum atomic E-state index is 0.395. The Morgan fingerprint density at radius 3 is 2.45 bits per heavy atom. The number of hydrogen-bond acceptors (Lipinski definition) is 2. The quantitative estimate of drug-likeness (QED) is 0.666. The first-order valence-corrected chi connectivity index (χ1v) is 7.75. The Labute approximate surface area is 132 Å². The zero-order valence-corrected chi connectivity index (χ0v) is 13.6. The molecular formula is C16H16BrClO2. The number of para-hydroxylation sites is 1. The molecule has 2 nitrogen and oxygen atoms in total. The van der Waals surface area contributed by atoms with Gasteiger partial charge in [0.2, 0.25) is 0 Å². The Kier molecular flexibility index (Phi) is 5.74. The normalized spacial score (nSPS) is 10.3. The van der Waals surface area contributed by atoms with Crippen molar-refractivity contribution < 1.29 is 9.47 Å².